The predicted octanol–water partition coefficient (Wildman–Crippen LogP) is 3.85. The lowest BCUT2D eigenvalue weighted by molar-refractivity contribution is 0.281. The van der Waals surface area contributed by atoms with Gasteiger partial charge in [-0.2, -0.15) is 4.98 Å². The smallest absolute Gasteiger partial charge is 0.226 e. The standard InChI is InChI=1S/C15H17ClN2O2/c1-9(2)14-17-13(16)10(3)15(18-14)20-12-6-4-11(8-19)5-7-12/h4-7,9,19H,8H2,1-3H3. The minimum atomic E-state index is 0.0101. The van der Waals surface area contributed by atoms with Gasteiger partial charge in [0, 0.05) is 11.5 Å². The van der Waals surface area contributed by atoms with Crippen molar-refractivity contribution in [3.8, 4) is 11.6 Å². The van der Waals surface area contributed by atoms with Gasteiger partial charge in [-0.15, -0.1) is 0 Å². The summed E-state index contributed by atoms with van der Waals surface area (Å²) in [6.45, 7) is 5.83. The van der Waals surface area contributed by atoms with Crippen LogP contribution in [0.1, 0.15) is 36.7 Å². The van der Waals surface area contributed by atoms with E-state index in [0.717, 1.165) is 5.56 Å². The highest BCUT2D eigenvalue weighted by Crippen LogP contribution is 2.28. The summed E-state index contributed by atoms with van der Waals surface area (Å²) in [5.74, 6) is 1.94. The van der Waals surface area contributed by atoms with Gasteiger partial charge in [-0.3, -0.25) is 0 Å². The zero-order chi connectivity index (χ0) is 14.7. The molecule has 0 bridgehead atoms. The minimum absolute atomic E-state index is 0.0101. The molecule has 20 heavy (non-hydrogen) atoms. The molecule has 1 aromatic carbocycles. The summed E-state index contributed by atoms with van der Waals surface area (Å²) in [5, 5.41) is 9.43. The summed E-state index contributed by atoms with van der Waals surface area (Å²) < 4.78 is 5.76. The summed E-state index contributed by atoms with van der Waals surface area (Å²) in [6.07, 6.45) is 0. The van der Waals surface area contributed by atoms with Crippen molar-refractivity contribution in [1.29, 1.82) is 0 Å². The zero-order valence-corrected chi connectivity index (χ0v) is 12.5. The van der Waals surface area contributed by atoms with Crippen molar-refractivity contribution in [2.24, 2.45) is 0 Å². The molecule has 0 saturated heterocycles. The summed E-state index contributed by atoms with van der Waals surface area (Å²) in [5.41, 5.74) is 1.54. The molecule has 0 aliphatic carbocycles. The number of aromatic nitrogens is 2. The first-order chi connectivity index (χ1) is 9.51. The Morgan fingerprint density at radius 3 is 2.40 bits per heavy atom. The average Bonchev–Trinajstić information content (AvgIpc) is 2.44. The molecule has 0 radical (unpaired) electrons. The zero-order valence-electron chi connectivity index (χ0n) is 11.7. The quantitative estimate of drug-likeness (QED) is 0.870. The maximum Gasteiger partial charge on any atom is 0.226 e. The van der Waals surface area contributed by atoms with Crippen LogP contribution in [-0.2, 0) is 6.61 Å². The number of hydrogen-bond donors (Lipinski definition) is 1. The van der Waals surface area contributed by atoms with Crippen LogP contribution < -0.4 is 4.74 Å². The number of aliphatic hydroxyl groups excluding tert-OH is 1. The molecule has 0 atom stereocenters. The molecule has 1 aromatic heterocycles. The number of hydrogen-bond acceptors (Lipinski definition) is 4. The van der Waals surface area contributed by atoms with Crippen molar-refractivity contribution in [1.82, 2.24) is 9.97 Å². The highest BCUT2D eigenvalue weighted by molar-refractivity contribution is 6.30. The molecule has 4 nitrogen and oxygen atoms in total. The van der Waals surface area contributed by atoms with Gasteiger partial charge in [0.2, 0.25) is 5.88 Å². The molecule has 1 heterocycles. The third kappa shape index (κ3) is 3.26. The van der Waals surface area contributed by atoms with Crippen molar-refractivity contribution in [2.45, 2.75) is 33.3 Å². The predicted molar refractivity (Wildman–Crippen MR) is 78.3 cm³/mol. The Morgan fingerprint density at radius 2 is 1.85 bits per heavy atom. The summed E-state index contributed by atoms with van der Waals surface area (Å²) in [6, 6.07) is 7.18. The van der Waals surface area contributed by atoms with Gasteiger partial charge in [-0.1, -0.05) is 37.6 Å². The van der Waals surface area contributed by atoms with E-state index in [0.29, 0.717) is 28.2 Å². The van der Waals surface area contributed by atoms with Crippen LogP contribution in [0.2, 0.25) is 5.15 Å². The van der Waals surface area contributed by atoms with Gasteiger partial charge in [0.1, 0.15) is 16.7 Å². The van der Waals surface area contributed by atoms with Gasteiger partial charge in [0.05, 0.1) is 6.61 Å². The number of ether oxygens (including phenoxy) is 1. The second-order valence-corrected chi connectivity index (χ2v) is 5.22. The number of aliphatic hydroxyl groups is 1. The van der Waals surface area contributed by atoms with E-state index in [2.05, 4.69) is 9.97 Å². The molecule has 0 spiro atoms. The SMILES string of the molecule is Cc1c(Cl)nc(C(C)C)nc1Oc1ccc(CO)cc1. The van der Waals surface area contributed by atoms with Crippen molar-refractivity contribution >= 4 is 11.6 Å². The number of nitrogens with zero attached hydrogens (tertiary/aromatic N) is 2. The third-order valence-corrected chi connectivity index (χ3v) is 3.26. The molecule has 0 fully saturated rings. The average molecular weight is 293 g/mol. The van der Waals surface area contributed by atoms with Crippen molar-refractivity contribution in [2.75, 3.05) is 0 Å². The topological polar surface area (TPSA) is 55.2 Å². The van der Waals surface area contributed by atoms with Crippen molar-refractivity contribution < 1.29 is 9.84 Å². The number of halogens is 1. The summed E-state index contributed by atoms with van der Waals surface area (Å²) in [4.78, 5) is 8.65. The highest BCUT2D eigenvalue weighted by atomic mass is 35.5. The number of rotatable bonds is 4. The molecule has 1 N–H and O–H groups in total. The van der Waals surface area contributed by atoms with Gasteiger partial charge in [-0.25, -0.2) is 4.98 Å². The first-order valence-corrected chi connectivity index (χ1v) is 6.80. The van der Waals surface area contributed by atoms with E-state index in [9.17, 15) is 0 Å². The van der Waals surface area contributed by atoms with Gasteiger partial charge in [-0.05, 0) is 24.6 Å². The Bertz CT molecular complexity index is 598. The Hall–Kier alpha value is -1.65. The summed E-state index contributed by atoms with van der Waals surface area (Å²) in [7, 11) is 0. The van der Waals surface area contributed by atoms with E-state index in [1.807, 2.05) is 20.8 Å². The lowest BCUT2D eigenvalue weighted by atomic mass is 10.2. The molecule has 0 aliphatic rings. The molecule has 2 aromatic rings. The highest BCUT2D eigenvalue weighted by Gasteiger charge is 2.13. The molecule has 0 amide bonds. The van der Waals surface area contributed by atoms with Crippen LogP contribution >= 0.6 is 11.6 Å². The summed E-state index contributed by atoms with van der Waals surface area (Å²) >= 11 is 6.11. The van der Waals surface area contributed by atoms with E-state index < -0.39 is 0 Å². The molecule has 106 valence electrons. The van der Waals surface area contributed by atoms with Gasteiger partial charge < -0.3 is 9.84 Å². The second kappa shape index (κ2) is 6.20. The fourth-order valence-electron chi connectivity index (χ4n) is 1.62. The molecule has 5 heteroatoms. The molecule has 2 rings (SSSR count). The van der Waals surface area contributed by atoms with Gasteiger partial charge in [0.15, 0.2) is 0 Å². The molecule has 0 unspecified atom stereocenters. The maximum absolute atomic E-state index is 9.02. The van der Waals surface area contributed by atoms with Crippen LogP contribution in [0.5, 0.6) is 11.6 Å². The lowest BCUT2D eigenvalue weighted by Crippen LogP contribution is -2.02. The lowest BCUT2D eigenvalue weighted by Gasteiger charge is -2.12. The Labute approximate surface area is 123 Å². The van der Waals surface area contributed by atoms with Crippen molar-refractivity contribution in [3.63, 3.8) is 0 Å². The Morgan fingerprint density at radius 1 is 1.20 bits per heavy atom. The van der Waals surface area contributed by atoms with Crippen LogP contribution in [0.25, 0.3) is 0 Å². The van der Waals surface area contributed by atoms with Crippen LogP contribution in [0.3, 0.4) is 0 Å². The van der Waals surface area contributed by atoms with E-state index in [4.69, 9.17) is 21.4 Å². The largest absolute Gasteiger partial charge is 0.439 e. The molecule has 0 aliphatic heterocycles. The van der Waals surface area contributed by atoms with Gasteiger partial charge in [0.25, 0.3) is 0 Å². The van der Waals surface area contributed by atoms with E-state index in [1.165, 1.54) is 0 Å². The van der Waals surface area contributed by atoms with Crippen LogP contribution in [-0.4, -0.2) is 15.1 Å². The first-order valence-electron chi connectivity index (χ1n) is 6.43. The van der Waals surface area contributed by atoms with Crippen LogP contribution in [0, 0.1) is 6.92 Å². The van der Waals surface area contributed by atoms with Crippen molar-refractivity contribution in [3.05, 3.63) is 46.4 Å². The van der Waals surface area contributed by atoms with Crippen LogP contribution in [0.4, 0.5) is 0 Å². The Balaban J connectivity index is 2.31. The van der Waals surface area contributed by atoms with Gasteiger partial charge >= 0.3 is 0 Å². The normalized spacial score (nSPS) is 10.9. The minimum Gasteiger partial charge on any atom is -0.439 e. The van der Waals surface area contributed by atoms with E-state index in [1.54, 1.807) is 24.3 Å². The monoisotopic (exact) mass is 292 g/mol. The second-order valence-electron chi connectivity index (χ2n) is 4.86. The molecular formula is C15H17ClN2O2. The van der Waals surface area contributed by atoms with E-state index >= 15 is 0 Å². The Kier molecular flexibility index (Phi) is 4.57. The first kappa shape index (κ1) is 14.8. The fourth-order valence-corrected chi connectivity index (χ4v) is 1.79. The fraction of sp³-hybridized carbons (Fsp3) is 0.333. The van der Waals surface area contributed by atoms with Crippen LogP contribution in [0.15, 0.2) is 24.3 Å². The van der Waals surface area contributed by atoms with E-state index in [-0.39, 0.29) is 12.5 Å². The maximum atomic E-state index is 9.02. The third-order valence-electron chi connectivity index (χ3n) is 2.90. The molecular weight excluding hydrogens is 276 g/mol. The number of benzene rings is 1. The molecule has 0 saturated carbocycles.